The Morgan fingerprint density at radius 3 is 2.95 bits per heavy atom. The number of hydrogen-bond acceptors (Lipinski definition) is 5. The fourth-order valence-corrected chi connectivity index (χ4v) is 1.88. The van der Waals surface area contributed by atoms with E-state index in [-0.39, 0.29) is 5.91 Å². The minimum Gasteiger partial charge on any atom is -0.352 e. The largest absolute Gasteiger partial charge is 0.352 e. The second-order valence-electron chi connectivity index (χ2n) is 4.47. The van der Waals surface area contributed by atoms with Crippen LogP contribution in [0, 0.1) is 6.92 Å². The molecule has 0 fully saturated rings. The Kier molecular flexibility index (Phi) is 4.67. The van der Waals surface area contributed by atoms with Crippen LogP contribution in [0.4, 0.5) is 5.69 Å². The zero-order chi connectivity index (χ0) is 14.4. The first-order chi connectivity index (χ1) is 9.70. The highest BCUT2D eigenvalue weighted by Crippen LogP contribution is 2.15. The van der Waals surface area contributed by atoms with Crippen LogP contribution in [0.3, 0.4) is 0 Å². The van der Waals surface area contributed by atoms with Gasteiger partial charge in [-0.15, -0.1) is 0 Å². The number of nitrogens with two attached hydrogens (primary N) is 1. The second kappa shape index (κ2) is 6.67. The summed E-state index contributed by atoms with van der Waals surface area (Å²) < 4.78 is 0. The molecule has 0 aliphatic rings. The number of benzene rings is 1. The number of aryl methyl sites for hydroxylation is 2. The Morgan fingerprint density at radius 1 is 1.45 bits per heavy atom. The predicted octanol–water partition coefficient (Wildman–Crippen LogP) is 0.761. The number of anilines is 1. The number of amides is 1. The molecule has 2 rings (SSSR count). The topological polar surface area (TPSA) is 109 Å². The zero-order valence-corrected chi connectivity index (χ0v) is 11.3. The summed E-state index contributed by atoms with van der Waals surface area (Å²) in [5.74, 6) is 6.10. The number of aromatic amines is 1. The average Bonchev–Trinajstić information content (AvgIpc) is 2.96. The van der Waals surface area contributed by atoms with Crippen LogP contribution < -0.4 is 16.6 Å². The summed E-state index contributed by atoms with van der Waals surface area (Å²) in [5.41, 5.74) is 4.95. The highest BCUT2D eigenvalue weighted by atomic mass is 16.1. The van der Waals surface area contributed by atoms with Gasteiger partial charge in [0.15, 0.2) is 0 Å². The lowest BCUT2D eigenvalue weighted by Gasteiger charge is -2.08. The normalized spacial score (nSPS) is 10.3. The molecule has 0 spiro atoms. The van der Waals surface area contributed by atoms with E-state index in [1.165, 1.54) is 6.33 Å². The van der Waals surface area contributed by atoms with Gasteiger partial charge >= 0.3 is 0 Å². The SMILES string of the molecule is Cc1cc(C(=O)NCCCc2ncn[nH]2)ccc1NN. The van der Waals surface area contributed by atoms with Crippen LogP contribution in [0.25, 0.3) is 0 Å². The quantitative estimate of drug-likeness (QED) is 0.353. The first-order valence-electron chi connectivity index (χ1n) is 6.40. The van der Waals surface area contributed by atoms with E-state index in [4.69, 9.17) is 5.84 Å². The van der Waals surface area contributed by atoms with Crippen molar-refractivity contribution in [1.82, 2.24) is 20.5 Å². The average molecular weight is 274 g/mol. The Balaban J connectivity index is 1.81. The van der Waals surface area contributed by atoms with E-state index in [9.17, 15) is 4.79 Å². The monoisotopic (exact) mass is 274 g/mol. The van der Waals surface area contributed by atoms with Crippen LogP contribution in [0.15, 0.2) is 24.5 Å². The standard InChI is InChI=1S/C13H18N6O/c1-9-7-10(4-5-11(9)18-14)13(20)15-6-2-3-12-16-8-17-19-12/h4-5,7-8,18H,2-3,6,14H2,1H3,(H,15,20)(H,16,17,19). The van der Waals surface area contributed by atoms with Gasteiger partial charge in [0.1, 0.15) is 12.2 Å². The Morgan fingerprint density at radius 2 is 2.30 bits per heavy atom. The molecular formula is C13H18N6O. The van der Waals surface area contributed by atoms with Crippen molar-refractivity contribution in [3.8, 4) is 0 Å². The predicted molar refractivity (Wildman–Crippen MR) is 76.0 cm³/mol. The number of H-pyrrole nitrogens is 1. The minimum absolute atomic E-state index is 0.0887. The van der Waals surface area contributed by atoms with Crippen molar-refractivity contribution in [2.75, 3.05) is 12.0 Å². The molecule has 0 aliphatic carbocycles. The molecule has 1 amide bonds. The number of carbonyl (C=O) groups is 1. The molecule has 0 saturated heterocycles. The molecule has 106 valence electrons. The van der Waals surface area contributed by atoms with Gasteiger partial charge in [0, 0.05) is 18.5 Å². The minimum atomic E-state index is -0.0887. The summed E-state index contributed by atoms with van der Waals surface area (Å²) >= 11 is 0. The van der Waals surface area contributed by atoms with Crippen LogP contribution in [0.1, 0.15) is 28.2 Å². The number of rotatable bonds is 6. The molecular weight excluding hydrogens is 256 g/mol. The molecule has 7 heteroatoms. The second-order valence-corrected chi connectivity index (χ2v) is 4.47. The summed E-state index contributed by atoms with van der Waals surface area (Å²) in [6, 6.07) is 5.34. The molecule has 0 atom stereocenters. The summed E-state index contributed by atoms with van der Waals surface area (Å²) in [4.78, 5) is 16.0. The van der Waals surface area contributed by atoms with Crippen molar-refractivity contribution < 1.29 is 4.79 Å². The van der Waals surface area contributed by atoms with Gasteiger partial charge in [-0.05, 0) is 37.1 Å². The van der Waals surface area contributed by atoms with Gasteiger partial charge in [0.05, 0.1) is 5.69 Å². The fourth-order valence-electron chi connectivity index (χ4n) is 1.88. The Hall–Kier alpha value is -2.41. The lowest BCUT2D eigenvalue weighted by atomic mass is 10.1. The van der Waals surface area contributed by atoms with Crippen LogP contribution in [0.2, 0.25) is 0 Å². The van der Waals surface area contributed by atoms with Crippen molar-refractivity contribution in [3.05, 3.63) is 41.5 Å². The van der Waals surface area contributed by atoms with Crippen molar-refractivity contribution >= 4 is 11.6 Å². The Labute approximate surface area is 117 Å². The molecule has 0 aliphatic heterocycles. The van der Waals surface area contributed by atoms with Crippen molar-refractivity contribution in [3.63, 3.8) is 0 Å². The molecule has 0 saturated carbocycles. The summed E-state index contributed by atoms with van der Waals surface area (Å²) in [5, 5.41) is 9.43. The molecule has 1 aromatic carbocycles. The van der Waals surface area contributed by atoms with E-state index in [1.54, 1.807) is 18.2 Å². The molecule has 1 aromatic heterocycles. The third-order valence-electron chi connectivity index (χ3n) is 2.98. The first kappa shape index (κ1) is 14.0. The van der Waals surface area contributed by atoms with Crippen molar-refractivity contribution in [1.29, 1.82) is 0 Å². The molecule has 0 unspecified atom stereocenters. The van der Waals surface area contributed by atoms with Gasteiger partial charge in [-0.25, -0.2) is 4.98 Å². The highest BCUT2D eigenvalue weighted by molar-refractivity contribution is 5.94. The maximum Gasteiger partial charge on any atom is 0.251 e. The maximum absolute atomic E-state index is 12.0. The van der Waals surface area contributed by atoms with Crippen molar-refractivity contribution in [2.45, 2.75) is 19.8 Å². The smallest absolute Gasteiger partial charge is 0.251 e. The molecule has 2 aromatic rings. The number of aromatic nitrogens is 3. The summed E-state index contributed by atoms with van der Waals surface area (Å²) in [7, 11) is 0. The number of carbonyl (C=O) groups excluding carboxylic acids is 1. The van der Waals surface area contributed by atoms with E-state index in [0.717, 1.165) is 29.9 Å². The van der Waals surface area contributed by atoms with Crippen LogP contribution in [-0.4, -0.2) is 27.6 Å². The molecule has 1 heterocycles. The van der Waals surface area contributed by atoms with Crippen LogP contribution in [-0.2, 0) is 6.42 Å². The molecule has 7 nitrogen and oxygen atoms in total. The van der Waals surface area contributed by atoms with Gasteiger partial charge in [0.2, 0.25) is 0 Å². The van der Waals surface area contributed by atoms with Crippen LogP contribution in [0.5, 0.6) is 0 Å². The number of hydrazine groups is 1. The van der Waals surface area contributed by atoms with Gasteiger partial charge in [-0.2, -0.15) is 5.10 Å². The van der Waals surface area contributed by atoms with E-state index in [0.29, 0.717) is 12.1 Å². The van der Waals surface area contributed by atoms with Gasteiger partial charge in [0.25, 0.3) is 5.91 Å². The van der Waals surface area contributed by atoms with Gasteiger partial charge < -0.3 is 10.7 Å². The lowest BCUT2D eigenvalue weighted by Crippen LogP contribution is -2.25. The summed E-state index contributed by atoms with van der Waals surface area (Å²) in [6.07, 6.45) is 3.04. The lowest BCUT2D eigenvalue weighted by molar-refractivity contribution is 0.0953. The number of nitrogens with one attached hydrogen (secondary N) is 3. The fraction of sp³-hybridized carbons (Fsp3) is 0.308. The van der Waals surface area contributed by atoms with Gasteiger partial charge in [-0.1, -0.05) is 0 Å². The number of nitrogens with zero attached hydrogens (tertiary/aromatic N) is 2. The van der Waals surface area contributed by atoms with E-state index >= 15 is 0 Å². The third-order valence-corrected chi connectivity index (χ3v) is 2.98. The first-order valence-corrected chi connectivity index (χ1v) is 6.40. The Bertz CT molecular complexity index is 566. The highest BCUT2D eigenvalue weighted by Gasteiger charge is 2.07. The molecule has 0 radical (unpaired) electrons. The van der Waals surface area contributed by atoms with E-state index in [1.807, 2.05) is 6.92 Å². The van der Waals surface area contributed by atoms with E-state index < -0.39 is 0 Å². The maximum atomic E-state index is 12.0. The van der Waals surface area contributed by atoms with Gasteiger partial charge in [-0.3, -0.25) is 15.7 Å². The molecule has 0 bridgehead atoms. The molecule has 5 N–H and O–H groups in total. The van der Waals surface area contributed by atoms with E-state index in [2.05, 4.69) is 25.9 Å². The third kappa shape index (κ3) is 3.55. The number of nitrogen functional groups attached to an aromatic ring is 1. The van der Waals surface area contributed by atoms with Crippen molar-refractivity contribution in [2.24, 2.45) is 5.84 Å². The zero-order valence-electron chi connectivity index (χ0n) is 11.3. The van der Waals surface area contributed by atoms with Crippen LogP contribution >= 0.6 is 0 Å². The summed E-state index contributed by atoms with van der Waals surface area (Å²) in [6.45, 7) is 2.49. The molecule has 20 heavy (non-hydrogen) atoms. The number of hydrogen-bond donors (Lipinski definition) is 4.